The summed E-state index contributed by atoms with van der Waals surface area (Å²) in [4.78, 5) is 2.03. The molecule has 1 aromatic carbocycles. The van der Waals surface area contributed by atoms with Gasteiger partial charge in [-0.15, -0.1) is 0 Å². The Labute approximate surface area is 111 Å². The Morgan fingerprint density at radius 3 is 2.42 bits per heavy atom. The number of nitrogens with zero attached hydrogens (tertiary/aromatic N) is 1. The van der Waals surface area contributed by atoms with E-state index in [-0.39, 0.29) is 11.1 Å². The molecule has 19 heavy (non-hydrogen) atoms. The highest BCUT2D eigenvalue weighted by Crippen LogP contribution is 2.28. The zero-order valence-corrected chi connectivity index (χ0v) is 11.3. The van der Waals surface area contributed by atoms with Gasteiger partial charge in [-0.05, 0) is 31.5 Å². The summed E-state index contributed by atoms with van der Waals surface area (Å²) in [6.45, 7) is 6.22. The molecule has 0 bridgehead atoms. The summed E-state index contributed by atoms with van der Waals surface area (Å²) in [5.74, 6) is -1.85. The van der Waals surface area contributed by atoms with Gasteiger partial charge in [-0.2, -0.15) is 0 Å². The zero-order valence-electron chi connectivity index (χ0n) is 11.3. The lowest BCUT2D eigenvalue weighted by Crippen LogP contribution is -2.43. The van der Waals surface area contributed by atoms with Gasteiger partial charge in [-0.3, -0.25) is 4.90 Å². The molecule has 1 aliphatic rings. The van der Waals surface area contributed by atoms with E-state index < -0.39 is 17.3 Å². The van der Waals surface area contributed by atoms with Crippen molar-refractivity contribution in [3.05, 3.63) is 34.9 Å². The Balaban J connectivity index is 2.25. The summed E-state index contributed by atoms with van der Waals surface area (Å²) in [5, 5.41) is 3.19. The summed E-state index contributed by atoms with van der Waals surface area (Å²) in [7, 11) is 0. The number of hydrogen-bond acceptors (Lipinski definition) is 2. The van der Waals surface area contributed by atoms with Gasteiger partial charge in [0.05, 0.1) is 0 Å². The molecular weight excluding hydrogens is 253 g/mol. The van der Waals surface area contributed by atoms with Crippen LogP contribution in [0.5, 0.6) is 0 Å². The number of rotatable bonds is 3. The summed E-state index contributed by atoms with van der Waals surface area (Å²) in [6.07, 6.45) is 0. The molecule has 0 aliphatic carbocycles. The average molecular weight is 272 g/mol. The predicted molar refractivity (Wildman–Crippen MR) is 68.6 cm³/mol. The van der Waals surface area contributed by atoms with E-state index in [0.717, 1.165) is 32.2 Å². The summed E-state index contributed by atoms with van der Waals surface area (Å²) >= 11 is 0. The van der Waals surface area contributed by atoms with E-state index in [0.29, 0.717) is 6.54 Å². The molecule has 5 heteroatoms. The van der Waals surface area contributed by atoms with Crippen molar-refractivity contribution in [3.63, 3.8) is 0 Å². The van der Waals surface area contributed by atoms with E-state index in [1.807, 2.05) is 4.90 Å². The SMILES string of the molecule is CC(C)(F)c1cc(F)c(F)c(CN2CCNCC2)c1. The van der Waals surface area contributed by atoms with Gasteiger partial charge in [0.15, 0.2) is 11.6 Å². The lowest BCUT2D eigenvalue weighted by atomic mass is 9.97. The van der Waals surface area contributed by atoms with E-state index in [1.165, 1.54) is 19.9 Å². The van der Waals surface area contributed by atoms with Crippen LogP contribution in [-0.4, -0.2) is 31.1 Å². The molecule has 0 atom stereocenters. The van der Waals surface area contributed by atoms with Crippen molar-refractivity contribution >= 4 is 0 Å². The monoisotopic (exact) mass is 272 g/mol. The van der Waals surface area contributed by atoms with E-state index in [4.69, 9.17) is 0 Å². The van der Waals surface area contributed by atoms with Gasteiger partial charge in [0.25, 0.3) is 0 Å². The fourth-order valence-electron chi connectivity index (χ4n) is 2.21. The number of hydrogen-bond donors (Lipinski definition) is 1. The van der Waals surface area contributed by atoms with Gasteiger partial charge >= 0.3 is 0 Å². The number of alkyl halides is 1. The maximum atomic E-state index is 13.9. The van der Waals surface area contributed by atoms with Crippen molar-refractivity contribution in [2.24, 2.45) is 0 Å². The molecule has 1 aromatic rings. The van der Waals surface area contributed by atoms with Gasteiger partial charge in [0.1, 0.15) is 5.67 Å². The van der Waals surface area contributed by atoms with E-state index in [9.17, 15) is 13.2 Å². The van der Waals surface area contributed by atoms with Crippen LogP contribution in [0.15, 0.2) is 12.1 Å². The second kappa shape index (κ2) is 5.51. The highest BCUT2D eigenvalue weighted by atomic mass is 19.2. The summed E-state index contributed by atoms with van der Waals surface area (Å²) in [6, 6.07) is 2.37. The Hall–Kier alpha value is -1.07. The quantitative estimate of drug-likeness (QED) is 0.910. The minimum Gasteiger partial charge on any atom is -0.314 e. The maximum Gasteiger partial charge on any atom is 0.163 e. The van der Waals surface area contributed by atoms with Gasteiger partial charge < -0.3 is 5.32 Å². The van der Waals surface area contributed by atoms with Gasteiger partial charge in [0, 0.05) is 38.3 Å². The molecule has 1 aliphatic heterocycles. The van der Waals surface area contributed by atoms with E-state index in [1.54, 1.807) is 0 Å². The van der Waals surface area contributed by atoms with Crippen molar-refractivity contribution in [2.45, 2.75) is 26.1 Å². The zero-order chi connectivity index (χ0) is 14.0. The second-order valence-corrected chi connectivity index (χ2v) is 5.43. The smallest absolute Gasteiger partial charge is 0.163 e. The number of halogens is 3. The third-order valence-corrected chi connectivity index (χ3v) is 3.39. The Kier molecular flexibility index (Phi) is 4.16. The number of benzene rings is 1. The molecule has 0 radical (unpaired) electrons. The highest BCUT2D eigenvalue weighted by molar-refractivity contribution is 5.30. The van der Waals surface area contributed by atoms with Gasteiger partial charge in [-0.25, -0.2) is 13.2 Å². The standard InChI is InChI=1S/C14H19F3N2/c1-14(2,17)11-7-10(13(16)12(15)8-11)9-19-5-3-18-4-6-19/h7-8,18H,3-6,9H2,1-2H3. The third-order valence-electron chi connectivity index (χ3n) is 3.39. The van der Waals surface area contributed by atoms with Crippen LogP contribution in [0.4, 0.5) is 13.2 Å². The molecule has 0 aromatic heterocycles. The largest absolute Gasteiger partial charge is 0.314 e. The van der Waals surface area contributed by atoms with E-state index in [2.05, 4.69) is 5.32 Å². The molecule has 1 heterocycles. The van der Waals surface area contributed by atoms with Crippen LogP contribution in [0.25, 0.3) is 0 Å². The molecule has 2 rings (SSSR count). The van der Waals surface area contributed by atoms with Crippen LogP contribution in [0.1, 0.15) is 25.0 Å². The van der Waals surface area contributed by atoms with Gasteiger partial charge in [-0.1, -0.05) is 0 Å². The molecular formula is C14H19F3N2. The van der Waals surface area contributed by atoms with Crippen LogP contribution in [0, 0.1) is 11.6 Å². The number of nitrogens with one attached hydrogen (secondary N) is 1. The van der Waals surface area contributed by atoms with Crippen molar-refractivity contribution in [3.8, 4) is 0 Å². The van der Waals surface area contributed by atoms with Gasteiger partial charge in [0.2, 0.25) is 0 Å². The number of piperazine rings is 1. The van der Waals surface area contributed by atoms with Crippen molar-refractivity contribution in [2.75, 3.05) is 26.2 Å². The Morgan fingerprint density at radius 2 is 1.84 bits per heavy atom. The lowest BCUT2D eigenvalue weighted by molar-refractivity contribution is 0.216. The molecule has 0 saturated carbocycles. The van der Waals surface area contributed by atoms with Crippen LogP contribution >= 0.6 is 0 Å². The maximum absolute atomic E-state index is 13.9. The molecule has 106 valence electrons. The predicted octanol–water partition coefficient (Wildman–Crippen LogP) is 2.57. The van der Waals surface area contributed by atoms with Crippen molar-refractivity contribution in [1.29, 1.82) is 0 Å². The first-order valence-electron chi connectivity index (χ1n) is 6.48. The molecule has 2 nitrogen and oxygen atoms in total. The molecule has 1 fully saturated rings. The molecule has 0 amide bonds. The first kappa shape index (κ1) is 14.3. The Morgan fingerprint density at radius 1 is 1.21 bits per heavy atom. The average Bonchev–Trinajstić information content (AvgIpc) is 2.34. The minimum absolute atomic E-state index is 0.177. The summed E-state index contributed by atoms with van der Waals surface area (Å²) < 4.78 is 41.2. The third kappa shape index (κ3) is 3.48. The van der Waals surface area contributed by atoms with Crippen LogP contribution in [0.2, 0.25) is 0 Å². The first-order chi connectivity index (χ1) is 8.88. The molecule has 0 unspecified atom stereocenters. The fraction of sp³-hybridized carbons (Fsp3) is 0.571. The van der Waals surface area contributed by atoms with Crippen LogP contribution in [-0.2, 0) is 12.2 Å². The Bertz CT molecular complexity index is 449. The highest BCUT2D eigenvalue weighted by Gasteiger charge is 2.23. The normalized spacial score (nSPS) is 17.7. The summed E-state index contributed by atoms with van der Waals surface area (Å²) in [5.41, 5.74) is -1.27. The first-order valence-corrected chi connectivity index (χ1v) is 6.48. The molecule has 1 saturated heterocycles. The fourth-order valence-corrected chi connectivity index (χ4v) is 2.21. The van der Waals surface area contributed by atoms with E-state index >= 15 is 0 Å². The van der Waals surface area contributed by atoms with Crippen molar-refractivity contribution < 1.29 is 13.2 Å². The molecule has 1 N–H and O–H groups in total. The minimum atomic E-state index is -1.67. The second-order valence-electron chi connectivity index (χ2n) is 5.43. The lowest BCUT2D eigenvalue weighted by Gasteiger charge is -2.28. The van der Waals surface area contributed by atoms with Crippen LogP contribution < -0.4 is 5.32 Å². The topological polar surface area (TPSA) is 15.3 Å². The van der Waals surface area contributed by atoms with Crippen LogP contribution in [0.3, 0.4) is 0 Å². The molecule has 0 spiro atoms. The van der Waals surface area contributed by atoms with Crippen molar-refractivity contribution in [1.82, 2.24) is 10.2 Å².